The average molecular weight is 270 g/mol. The van der Waals surface area contributed by atoms with E-state index < -0.39 is 17.5 Å². The maximum Gasteiger partial charge on any atom is 0.320 e. The Morgan fingerprint density at radius 1 is 0.700 bits per heavy atom. The van der Waals surface area contributed by atoms with Gasteiger partial charge < -0.3 is 20.8 Å². The van der Waals surface area contributed by atoms with Crippen molar-refractivity contribution in [3.8, 4) is 0 Å². The predicted molar refractivity (Wildman–Crippen MR) is 72.3 cm³/mol. The third kappa shape index (κ3) is 1.68. The standard InChI is InChI=1S/C15H14N2O3/c18-13-16-14(19,11-7-3-1-4-8-11)15(20,17-13)12-9-5-2-6-10-12/h1-10,19-20H,(H2,16,17,18)/t14-,15-/m0/s1. The summed E-state index contributed by atoms with van der Waals surface area (Å²) in [7, 11) is 0. The van der Waals surface area contributed by atoms with Crippen molar-refractivity contribution in [3.05, 3.63) is 71.8 Å². The van der Waals surface area contributed by atoms with Gasteiger partial charge in [0.25, 0.3) is 0 Å². The zero-order valence-electron chi connectivity index (χ0n) is 10.6. The number of hydrogen-bond donors (Lipinski definition) is 4. The summed E-state index contributed by atoms with van der Waals surface area (Å²) < 4.78 is 0. The van der Waals surface area contributed by atoms with Crippen molar-refractivity contribution in [3.63, 3.8) is 0 Å². The van der Waals surface area contributed by atoms with Crippen molar-refractivity contribution >= 4 is 6.03 Å². The molecule has 0 aliphatic carbocycles. The molecular formula is C15H14N2O3. The van der Waals surface area contributed by atoms with Crippen LogP contribution in [0.4, 0.5) is 4.79 Å². The fraction of sp³-hybridized carbons (Fsp3) is 0.133. The molecule has 4 N–H and O–H groups in total. The van der Waals surface area contributed by atoms with Gasteiger partial charge in [-0.15, -0.1) is 0 Å². The van der Waals surface area contributed by atoms with Crippen LogP contribution < -0.4 is 10.6 Å². The number of rotatable bonds is 2. The number of benzene rings is 2. The topological polar surface area (TPSA) is 81.6 Å². The third-order valence-electron chi connectivity index (χ3n) is 3.50. The lowest BCUT2D eigenvalue weighted by molar-refractivity contribution is -0.166. The molecule has 20 heavy (non-hydrogen) atoms. The summed E-state index contributed by atoms with van der Waals surface area (Å²) in [6, 6.07) is 16.4. The molecule has 2 aromatic carbocycles. The van der Waals surface area contributed by atoms with E-state index in [-0.39, 0.29) is 0 Å². The Balaban J connectivity index is 2.16. The van der Waals surface area contributed by atoms with E-state index in [1.165, 1.54) is 0 Å². The van der Waals surface area contributed by atoms with E-state index in [9.17, 15) is 15.0 Å². The lowest BCUT2D eigenvalue weighted by atomic mass is 9.87. The Bertz CT molecular complexity index is 577. The Morgan fingerprint density at radius 2 is 1.05 bits per heavy atom. The van der Waals surface area contributed by atoms with Crippen LogP contribution in [0.5, 0.6) is 0 Å². The lowest BCUT2D eigenvalue weighted by Gasteiger charge is -2.36. The molecule has 1 heterocycles. The number of amides is 2. The zero-order valence-corrected chi connectivity index (χ0v) is 10.6. The molecule has 1 aliphatic heterocycles. The molecule has 0 bridgehead atoms. The molecule has 0 radical (unpaired) electrons. The van der Waals surface area contributed by atoms with Gasteiger partial charge in [-0.1, -0.05) is 60.7 Å². The number of hydrogen-bond acceptors (Lipinski definition) is 3. The monoisotopic (exact) mass is 270 g/mol. The molecule has 1 fully saturated rings. The van der Waals surface area contributed by atoms with Crippen LogP contribution in [0, 0.1) is 0 Å². The van der Waals surface area contributed by atoms with Crippen molar-refractivity contribution in [2.75, 3.05) is 0 Å². The van der Waals surface area contributed by atoms with Crippen molar-refractivity contribution in [1.29, 1.82) is 0 Å². The molecule has 5 nitrogen and oxygen atoms in total. The lowest BCUT2D eigenvalue weighted by Crippen LogP contribution is -2.55. The van der Waals surface area contributed by atoms with Crippen LogP contribution in [0.3, 0.4) is 0 Å². The molecule has 0 spiro atoms. The fourth-order valence-corrected chi connectivity index (χ4v) is 2.46. The highest BCUT2D eigenvalue weighted by atomic mass is 16.4. The highest BCUT2D eigenvalue weighted by Crippen LogP contribution is 2.39. The van der Waals surface area contributed by atoms with Gasteiger partial charge in [-0.3, -0.25) is 0 Å². The average Bonchev–Trinajstić information content (AvgIpc) is 2.72. The van der Waals surface area contributed by atoms with Gasteiger partial charge in [-0.2, -0.15) is 0 Å². The van der Waals surface area contributed by atoms with Crippen molar-refractivity contribution in [2.45, 2.75) is 11.4 Å². The summed E-state index contributed by atoms with van der Waals surface area (Å²) >= 11 is 0. The molecule has 1 aliphatic rings. The largest absolute Gasteiger partial charge is 0.363 e. The van der Waals surface area contributed by atoms with Crippen LogP contribution >= 0.6 is 0 Å². The number of aliphatic hydroxyl groups is 2. The van der Waals surface area contributed by atoms with E-state index in [1.54, 1.807) is 60.7 Å². The van der Waals surface area contributed by atoms with Crippen molar-refractivity contribution in [1.82, 2.24) is 10.6 Å². The first kappa shape index (κ1) is 12.7. The van der Waals surface area contributed by atoms with E-state index in [0.29, 0.717) is 11.1 Å². The molecular weight excluding hydrogens is 256 g/mol. The summed E-state index contributed by atoms with van der Waals surface area (Å²) in [5.74, 6) is 0. The van der Waals surface area contributed by atoms with E-state index in [0.717, 1.165) is 0 Å². The van der Waals surface area contributed by atoms with Crippen LogP contribution in [0.15, 0.2) is 60.7 Å². The van der Waals surface area contributed by atoms with Gasteiger partial charge in [0.1, 0.15) is 0 Å². The van der Waals surface area contributed by atoms with Crippen LogP contribution in [-0.2, 0) is 11.4 Å². The molecule has 2 atom stereocenters. The van der Waals surface area contributed by atoms with Crippen molar-refractivity contribution < 1.29 is 15.0 Å². The van der Waals surface area contributed by atoms with E-state index in [2.05, 4.69) is 10.6 Å². The summed E-state index contributed by atoms with van der Waals surface area (Å²) in [5.41, 5.74) is -3.09. The fourth-order valence-electron chi connectivity index (χ4n) is 2.46. The summed E-state index contributed by atoms with van der Waals surface area (Å²) in [6.45, 7) is 0. The van der Waals surface area contributed by atoms with Gasteiger partial charge in [0.15, 0.2) is 0 Å². The second-order valence-corrected chi connectivity index (χ2v) is 4.73. The van der Waals surface area contributed by atoms with Crippen LogP contribution in [0.2, 0.25) is 0 Å². The van der Waals surface area contributed by atoms with Gasteiger partial charge in [0.2, 0.25) is 11.4 Å². The Labute approximate surface area is 115 Å². The Kier molecular flexibility index (Phi) is 2.74. The highest BCUT2D eigenvalue weighted by Gasteiger charge is 2.59. The minimum atomic E-state index is -1.94. The minimum Gasteiger partial charge on any atom is -0.363 e. The van der Waals surface area contributed by atoms with E-state index in [1.807, 2.05) is 0 Å². The van der Waals surface area contributed by atoms with Gasteiger partial charge >= 0.3 is 6.03 Å². The highest BCUT2D eigenvalue weighted by molar-refractivity contribution is 5.79. The molecule has 0 saturated carbocycles. The Morgan fingerprint density at radius 3 is 1.40 bits per heavy atom. The van der Waals surface area contributed by atoms with Gasteiger partial charge in [0.05, 0.1) is 0 Å². The van der Waals surface area contributed by atoms with E-state index >= 15 is 0 Å². The SMILES string of the molecule is O=C1N[C@](O)(c2ccccc2)[C@@](O)(c2ccccc2)N1. The molecule has 102 valence electrons. The molecule has 3 rings (SSSR count). The Hall–Kier alpha value is -2.37. The minimum absolute atomic E-state index is 0.393. The second-order valence-electron chi connectivity index (χ2n) is 4.73. The smallest absolute Gasteiger partial charge is 0.320 e. The normalized spacial score (nSPS) is 28.8. The summed E-state index contributed by atoms with van der Waals surface area (Å²) in [4.78, 5) is 11.7. The van der Waals surface area contributed by atoms with Crippen LogP contribution in [0.25, 0.3) is 0 Å². The number of carbonyl (C=O) groups excluding carboxylic acids is 1. The quantitative estimate of drug-likeness (QED) is 0.657. The third-order valence-corrected chi connectivity index (χ3v) is 3.50. The maximum absolute atomic E-state index is 11.7. The molecule has 2 amide bonds. The first-order valence-corrected chi connectivity index (χ1v) is 6.22. The second kappa shape index (κ2) is 4.33. The van der Waals surface area contributed by atoms with Gasteiger partial charge in [-0.05, 0) is 0 Å². The first-order valence-electron chi connectivity index (χ1n) is 6.22. The molecule has 5 heteroatoms. The number of nitrogens with one attached hydrogen (secondary N) is 2. The van der Waals surface area contributed by atoms with Crippen molar-refractivity contribution in [2.24, 2.45) is 0 Å². The first-order chi connectivity index (χ1) is 9.56. The number of urea groups is 1. The van der Waals surface area contributed by atoms with Gasteiger partial charge in [0, 0.05) is 11.1 Å². The molecule has 2 aromatic rings. The maximum atomic E-state index is 11.7. The van der Waals surface area contributed by atoms with Gasteiger partial charge in [-0.25, -0.2) is 4.79 Å². The summed E-state index contributed by atoms with van der Waals surface area (Å²) in [5, 5.41) is 26.5. The molecule has 0 unspecified atom stereocenters. The molecule has 0 aromatic heterocycles. The zero-order chi connectivity index (χ0) is 14.2. The summed E-state index contributed by atoms with van der Waals surface area (Å²) in [6.07, 6.45) is 0. The van der Waals surface area contributed by atoms with Crippen LogP contribution in [-0.4, -0.2) is 16.2 Å². The number of carbonyl (C=O) groups is 1. The van der Waals surface area contributed by atoms with Crippen LogP contribution in [0.1, 0.15) is 11.1 Å². The molecule has 1 saturated heterocycles. The predicted octanol–water partition coefficient (Wildman–Crippen LogP) is 0.990. The van der Waals surface area contributed by atoms with E-state index in [4.69, 9.17) is 0 Å².